The molecular formula is C15H17NO. The summed E-state index contributed by atoms with van der Waals surface area (Å²) in [5.41, 5.74) is 3.29. The van der Waals surface area contributed by atoms with E-state index < -0.39 is 0 Å². The average molecular weight is 227 g/mol. The van der Waals surface area contributed by atoms with Crippen LogP contribution in [0.25, 0.3) is 0 Å². The van der Waals surface area contributed by atoms with E-state index in [0.29, 0.717) is 17.2 Å². The van der Waals surface area contributed by atoms with Crippen LogP contribution < -0.4 is 4.74 Å². The molecule has 1 unspecified atom stereocenters. The standard InChI is InChI=1S/C15H17NO/c1-3-4-11-5-6-12-8-14(10-16)15(17-2)9-13(12)7-11/h3-4,8-9,11H,5-7H2,1-2H3. The number of hydrogen-bond acceptors (Lipinski definition) is 2. The Morgan fingerprint density at radius 3 is 2.88 bits per heavy atom. The SMILES string of the molecule is CC=CC1CCc2cc(C#N)c(OC)cc2C1. The van der Waals surface area contributed by atoms with Gasteiger partial charge in [0.15, 0.2) is 0 Å². The molecule has 0 fully saturated rings. The van der Waals surface area contributed by atoms with Crippen LogP contribution >= 0.6 is 0 Å². The highest BCUT2D eigenvalue weighted by atomic mass is 16.5. The van der Waals surface area contributed by atoms with Gasteiger partial charge in [-0.1, -0.05) is 12.2 Å². The van der Waals surface area contributed by atoms with Gasteiger partial charge >= 0.3 is 0 Å². The maximum Gasteiger partial charge on any atom is 0.136 e. The number of fused-ring (bicyclic) bond motifs is 1. The number of aryl methyl sites for hydroxylation is 1. The number of benzene rings is 1. The minimum Gasteiger partial charge on any atom is -0.495 e. The van der Waals surface area contributed by atoms with Crippen molar-refractivity contribution in [2.75, 3.05) is 7.11 Å². The fourth-order valence-corrected chi connectivity index (χ4v) is 2.51. The second-order valence-electron chi connectivity index (χ2n) is 4.46. The molecule has 0 aromatic heterocycles. The molecule has 0 aliphatic heterocycles. The molecule has 0 spiro atoms. The third kappa shape index (κ3) is 2.34. The van der Waals surface area contributed by atoms with Crippen molar-refractivity contribution in [1.29, 1.82) is 5.26 Å². The van der Waals surface area contributed by atoms with E-state index in [2.05, 4.69) is 25.1 Å². The summed E-state index contributed by atoms with van der Waals surface area (Å²) >= 11 is 0. The van der Waals surface area contributed by atoms with Crippen LogP contribution in [0.4, 0.5) is 0 Å². The fourth-order valence-electron chi connectivity index (χ4n) is 2.51. The minimum atomic E-state index is 0.630. The Balaban J connectivity index is 2.36. The van der Waals surface area contributed by atoms with E-state index in [-0.39, 0.29) is 0 Å². The van der Waals surface area contributed by atoms with Crippen LogP contribution in [-0.4, -0.2) is 7.11 Å². The van der Waals surface area contributed by atoms with E-state index in [4.69, 9.17) is 10.00 Å². The highest BCUT2D eigenvalue weighted by Gasteiger charge is 2.18. The summed E-state index contributed by atoms with van der Waals surface area (Å²) < 4.78 is 5.26. The van der Waals surface area contributed by atoms with Gasteiger partial charge in [0.05, 0.1) is 12.7 Å². The molecule has 17 heavy (non-hydrogen) atoms. The molecule has 0 amide bonds. The third-order valence-electron chi connectivity index (χ3n) is 3.37. The zero-order chi connectivity index (χ0) is 12.3. The first-order chi connectivity index (χ1) is 8.28. The van der Waals surface area contributed by atoms with Gasteiger partial charge in [-0.3, -0.25) is 0 Å². The minimum absolute atomic E-state index is 0.630. The van der Waals surface area contributed by atoms with E-state index in [1.54, 1.807) is 7.11 Å². The summed E-state index contributed by atoms with van der Waals surface area (Å²) in [6.07, 6.45) is 7.68. The van der Waals surface area contributed by atoms with Gasteiger partial charge in [-0.25, -0.2) is 0 Å². The van der Waals surface area contributed by atoms with Gasteiger partial charge < -0.3 is 4.74 Å². The van der Waals surface area contributed by atoms with Gasteiger partial charge in [0.25, 0.3) is 0 Å². The van der Waals surface area contributed by atoms with Gasteiger partial charge in [-0.05, 0) is 55.4 Å². The van der Waals surface area contributed by atoms with Gasteiger partial charge in [-0.2, -0.15) is 5.26 Å². The first kappa shape index (κ1) is 11.7. The van der Waals surface area contributed by atoms with Crippen molar-refractivity contribution in [2.24, 2.45) is 5.92 Å². The van der Waals surface area contributed by atoms with E-state index in [1.165, 1.54) is 17.5 Å². The van der Waals surface area contributed by atoms with Gasteiger partial charge in [-0.15, -0.1) is 0 Å². The summed E-state index contributed by atoms with van der Waals surface area (Å²) in [7, 11) is 1.62. The molecule has 0 saturated heterocycles. The van der Waals surface area contributed by atoms with Crippen molar-refractivity contribution in [2.45, 2.75) is 26.2 Å². The van der Waals surface area contributed by atoms with Crippen molar-refractivity contribution < 1.29 is 4.74 Å². The van der Waals surface area contributed by atoms with Crippen molar-refractivity contribution in [3.8, 4) is 11.8 Å². The number of hydrogen-bond donors (Lipinski definition) is 0. The molecule has 1 aliphatic carbocycles. The normalized spacial score (nSPS) is 18.8. The maximum absolute atomic E-state index is 9.05. The quantitative estimate of drug-likeness (QED) is 0.726. The van der Waals surface area contributed by atoms with Crippen LogP contribution in [0.5, 0.6) is 5.75 Å². The predicted molar refractivity (Wildman–Crippen MR) is 68.0 cm³/mol. The number of rotatable bonds is 2. The summed E-state index contributed by atoms with van der Waals surface area (Å²) in [6, 6.07) is 6.21. The van der Waals surface area contributed by atoms with Crippen LogP contribution in [0, 0.1) is 17.2 Å². The molecule has 0 N–H and O–H groups in total. The zero-order valence-electron chi connectivity index (χ0n) is 10.4. The molecule has 2 rings (SSSR count). The lowest BCUT2D eigenvalue weighted by Crippen LogP contribution is -2.13. The van der Waals surface area contributed by atoms with E-state index in [9.17, 15) is 0 Å². The van der Waals surface area contributed by atoms with Crippen LogP contribution in [0.2, 0.25) is 0 Å². The molecular weight excluding hydrogens is 210 g/mol. The van der Waals surface area contributed by atoms with Crippen LogP contribution in [-0.2, 0) is 12.8 Å². The van der Waals surface area contributed by atoms with E-state index in [0.717, 1.165) is 12.8 Å². The van der Waals surface area contributed by atoms with E-state index >= 15 is 0 Å². The van der Waals surface area contributed by atoms with Gasteiger partial charge in [0.1, 0.15) is 11.8 Å². The second kappa shape index (κ2) is 5.05. The van der Waals surface area contributed by atoms with Crippen LogP contribution in [0.3, 0.4) is 0 Å². The second-order valence-corrected chi connectivity index (χ2v) is 4.46. The first-order valence-corrected chi connectivity index (χ1v) is 6.01. The molecule has 2 heteroatoms. The van der Waals surface area contributed by atoms with Crippen molar-refractivity contribution in [1.82, 2.24) is 0 Å². The molecule has 0 bridgehead atoms. The fraction of sp³-hybridized carbons (Fsp3) is 0.400. The molecule has 2 nitrogen and oxygen atoms in total. The Kier molecular flexibility index (Phi) is 3.49. The number of nitriles is 1. The van der Waals surface area contributed by atoms with Gasteiger partial charge in [0, 0.05) is 0 Å². The van der Waals surface area contributed by atoms with Crippen molar-refractivity contribution in [3.63, 3.8) is 0 Å². The molecule has 1 aromatic carbocycles. The number of nitrogens with zero attached hydrogens (tertiary/aromatic N) is 1. The molecule has 1 aliphatic rings. The lowest BCUT2D eigenvalue weighted by molar-refractivity contribution is 0.411. The summed E-state index contributed by atoms with van der Waals surface area (Å²) in [4.78, 5) is 0. The Morgan fingerprint density at radius 2 is 2.24 bits per heavy atom. The molecule has 0 heterocycles. The average Bonchev–Trinajstić information content (AvgIpc) is 2.37. The lowest BCUT2D eigenvalue weighted by atomic mass is 9.83. The highest BCUT2D eigenvalue weighted by Crippen LogP contribution is 2.31. The number of methoxy groups -OCH3 is 1. The van der Waals surface area contributed by atoms with Crippen molar-refractivity contribution >= 4 is 0 Å². The van der Waals surface area contributed by atoms with Gasteiger partial charge in [0.2, 0.25) is 0 Å². The molecule has 1 atom stereocenters. The monoisotopic (exact) mass is 227 g/mol. The van der Waals surface area contributed by atoms with Crippen molar-refractivity contribution in [3.05, 3.63) is 41.0 Å². The Hall–Kier alpha value is -1.75. The summed E-state index contributed by atoms with van der Waals surface area (Å²) in [5.74, 6) is 1.33. The van der Waals surface area contributed by atoms with Crippen LogP contribution in [0.15, 0.2) is 24.3 Å². The largest absolute Gasteiger partial charge is 0.495 e. The smallest absolute Gasteiger partial charge is 0.136 e. The maximum atomic E-state index is 9.05. The molecule has 0 radical (unpaired) electrons. The number of ether oxygens (including phenoxy) is 1. The Bertz CT molecular complexity index is 482. The lowest BCUT2D eigenvalue weighted by Gasteiger charge is -2.23. The predicted octanol–water partition coefficient (Wildman–Crippen LogP) is 3.25. The summed E-state index contributed by atoms with van der Waals surface area (Å²) in [6.45, 7) is 2.06. The number of allylic oxidation sites excluding steroid dienone is 2. The molecule has 88 valence electrons. The topological polar surface area (TPSA) is 33.0 Å². The Morgan fingerprint density at radius 1 is 1.41 bits per heavy atom. The zero-order valence-corrected chi connectivity index (χ0v) is 10.4. The van der Waals surface area contributed by atoms with E-state index in [1.807, 2.05) is 12.1 Å². The summed E-state index contributed by atoms with van der Waals surface area (Å²) in [5, 5.41) is 9.05. The molecule has 0 saturated carbocycles. The highest BCUT2D eigenvalue weighted by molar-refractivity contribution is 5.50. The van der Waals surface area contributed by atoms with Crippen LogP contribution in [0.1, 0.15) is 30.0 Å². The molecule has 1 aromatic rings. The Labute approximate surface area is 103 Å². The third-order valence-corrected chi connectivity index (χ3v) is 3.37. The first-order valence-electron chi connectivity index (χ1n) is 6.01.